The van der Waals surface area contributed by atoms with Gasteiger partial charge in [0.15, 0.2) is 0 Å². The van der Waals surface area contributed by atoms with Crippen LogP contribution in [0.3, 0.4) is 0 Å². The fourth-order valence-electron chi connectivity index (χ4n) is 2.22. The molecule has 3 N–H and O–H groups in total. The maximum atomic E-state index is 11.7. The molecule has 0 bridgehead atoms. The highest BCUT2D eigenvalue weighted by Gasteiger charge is 2.25. The lowest BCUT2D eigenvalue weighted by Crippen LogP contribution is -2.36. The lowest BCUT2D eigenvalue weighted by Gasteiger charge is -2.20. The molecule has 1 aromatic heterocycles. The molecule has 1 heterocycles. The molecule has 2 atom stereocenters. The van der Waals surface area contributed by atoms with Crippen LogP contribution in [0.1, 0.15) is 27.6 Å². The summed E-state index contributed by atoms with van der Waals surface area (Å²) in [7, 11) is 1.21. The van der Waals surface area contributed by atoms with E-state index in [1.54, 1.807) is 0 Å². The first-order chi connectivity index (χ1) is 12.5. The van der Waals surface area contributed by atoms with E-state index in [1.807, 2.05) is 30.3 Å². The van der Waals surface area contributed by atoms with Crippen LogP contribution in [-0.2, 0) is 16.1 Å². The number of hydrogen-bond acceptors (Lipinski definition) is 7. The third-order valence-corrected chi connectivity index (χ3v) is 3.61. The van der Waals surface area contributed by atoms with Gasteiger partial charge in [0.1, 0.15) is 18.8 Å². The van der Waals surface area contributed by atoms with Crippen LogP contribution in [-0.4, -0.2) is 47.0 Å². The number of benzene rings is 1. The van der Waals surface area contributed by atoms with Crippen molar-refractivity contribution < 1.29 is 29.3 Å². The molecule has 8 heteroatoms. The number of rotatable bonds is 7. The summed E-state index contributed by atoms with van der Waals surface area (Å²) in [6, 6.07) is 10.5. The van der Waals surface area contributed by atoms with E-state index in [0.29, 0.717) is 0 Å². The monoisotopic (exact) mass is 360 g/mol. The van der Waals surface area contributed by atoms with E-state index >= 15 is 0 Å². The second-order valence-corrected chi connectivity index (χ2v) is 5.41. The molecule has 1 aromatic carbocycles. The molecule has 8 nitrogen and oxygen atoms in total. The number of carbonyl (C=O) groups is 2. The van der Waals surface area contributed by atoms with Gasteiger partial charge in [-0.2, -0.15) is 0 Å². The van der Waals surface area contributed by atoms with Crippen molar-refractivity contribution in [2.24, 2.45) is 0 Å². The van der Waals surface area contributed by atoms with Crippen LogP contribution >= 0.6 is 0 Å². The topological polar surface area (TPSA) is 118 Å². The molecule has 0 saturated heterocycles. The fourth-order valence-corrected chi connectivity index (χ4v) is 2.22. The highest BCUT2D eigenvalue weighted by molar-refractivity contribution is 5.90. The number of aliphatic hydroxyl groups excluding tert-OH is 2. The second-order valence-electron chi connectivity index (χ2n) is 5.41. The second kappa shape index (κ2) is 9.50. The number of alkyl carbamates (subject to hydrolysis) is 1. The van der Waals surface area contributed by atoms with Crippen LogP contribution in [0.15, 0.2) is 48.8 Å². The first-order valence-corrected chi connectivity index (χ1v) is 7.85. The quantitative estimate of drug-likeness (QED) is 0.635. The lowest BCUT2D eigenvalue weighted by atomic mass is 10.0. The zero-order valence-electron chi connectivity index (χ0n) is 14.2. The predicted molar refractivity (Wildman–Crippen MR) is 91.2 cm³/mol. The summed E-state index contributed by atoms with van der Waals surface area (Å²) in [5.41, 5.74) is 1.01. The first-order valence-electron chi connectivity index (χ1n) is 7.85. The third-order valence-electron chi connectivity index (χ3n) is 3.61. The summed E-state index contributed by atoms with van der Waals surface area (Å²) in [5.74, 6) is -0.663. The van der Waals surface area contributed by atoms with E-state index in [4.69, 9.17) is 4.74 Å². The largest absolute Gasteiger partial charge is 0.465 e. The van der Waals surface area contributed by atoms with Gasteiger partial charge < -0.3 is 25.0 Å². The summed E-state index contributed by atoms with van der Waals surface area (Å²) in [6.07, 6.45) is -0.916. The highest BCUT2D eigenvalue weighted by Crippen LogP contribution is 2.20. The van der Waals surface area contributed by atoms with Crippen molar-refractivity contribution in [1.82, 2.24) is 10.3 Å². The Morgan fingerprint density at radius 1 is 1.19 bits per heavy atom. The number of nitrogens with one attached hydrogen (secondary N) is 1. The molecule has 0 fully saturated rings. The molecule has 0 aliphatic carbocycles. The van der Waals surface area contributed by atoms with Gasteiger partial charge in [-0.25, -0.2) is 9.59 Å². The van der Waals surface area contributed by atoms with Crippen LogP contribution < -0.4 is 5.32 Å². The van der Waals surface area contributed by atoms with E-state index in [2.05, 4.69) is 15.0 Å². The van der Waals surface area contributed by atoms with E-state index < -0.39 is 24.3 Å². The molecule has 26 heavy (non-hydrogen) atoms. The van der Waals surface area contributed by atoms with Crippen molar-refractivity contribution >= 4 is 12.1 Å². The van der Waals surface area contributed by atoms with Gasteiger partial charge in [0.25, 0.3) is 0 Å². The van der Waals surface area contributed by atoms with Gasteiger partial charge in [-0.1, -0.05) is 30.3 Å². The Morgan fingerprint density at radius 2 is 1.92 bits per heavy atom. The van der Waals surface area contributed by atoms with Gasteiger partial charge in [0.05, 0.1) is 12.7 Å². The van der Waals surface area contributed by atoms with Crippen LogP contribution in [0, 0.1) is 0 Å². The Bertz CT molecular complexity index is 737. The van der Waals surface area contributed by atoms with Crippen molar-refractivity contribution in [2.45, 2.75) is 18.8 Å². The molecular weight excluding hydrogens is 340 g/mol. The van der Waals surface area contributed by atoms with Gasteiger partial charge in [-0.15, -0.1) is 0 Å². The van der Waals surface area contributed by atoms with E-state index in [1.165, 1.54) is 25.6 Å². The van der Waals surface area contributed by atoms with Crippen LogP contribution in [0.5, 0.6) is 0 Å². The number of pyridine rings is 1. The molecule has 138 valence electrons. The normalized spacial score (nSPS) is 12.7. The summed E-state index contributed by atoms with van der Waals surface area (Å²) in [6.45, 7) is -0.190. The number of hydrogen-bond donors (Lipinski definition) is 3. The minimum Gasteiger partial charge on any atom is -0.465 e. The first kappa shape index (κ1) is 19.4. The molecule has 1 amide bonds. The molecule has 2 unspecified atom stereocenters. The number of carbonyl (C=O) groups excluding carboxylic acids is 2. The van der Waals surface area contributed by atoms with Gasteiger partial charge in [-0.05, 0) is 11.6 Å². The lowest BCUT2D eigenvalue weighted by molar-refractivity contribution is 0.0169. The van der Waals surface area contributed by atoms with Gasteiger partial charge >= 0.3 is 12.1 Å². The Labute approximate surface area is 150 Å². The SMILES string of the molecule is COC(=O)c1ccncc1C(O)C(O)CNC(=O)OCc1ccccc1. The van der Waals surface area contributed by atoms with Crippen molar-refractivity contribution in [3.8, 4) is 0 Å². The summed E-state index contributed by atoms with van der Waals surface area (Å²) in [4.78, 5) is 27.2. The smallest absolute Gasteiger partial charge is 0.407 e. The molecule has 0 aliphatic heterocycles. The Hall–Kier alpha value is -2.97. The van der Waals surface area contributed by atoms with Crippen molar-refractivity contribution in [3.63, 3.8) is 0 Å². The van der Waals surface area contributed by atoms with E-state index in [0.717, 1.165) is 5.56 Å². The Morgan fingerprint density at radius 3 is 2.62 bits per heavy atom. The minimum atomic E-state index is -1.44. The van der Waals surface area contributed by atoms with E-state index in [9.17, 15) is 19.8 Å². The number of esters is 1. The van der Waals surface area contributed by atoms with E-state index in [-0.39, 0.29) is 24.3 Å². The Kier molecular flexibility index (Phi) is 7.07. The molecule has 0 spiro atoms. The van der Waals surface area contributed by atoms with Crippen LogP contribution in [0.2, 0.25) is 0 Å². The molecule has 0 aliphatic rings. The average Bonchev–Trinajstić information content (AvgIpc) is 2.70. The number of aromatic nitrogens is 1. The number of nitrogens with zero attached hydrogens (tertiary/aromatic N) is 1. The summed E-state index contributed by atoms with van der Waals surface area (Å²) >= 11 is 0. The van der Waals surface area contributed by atoms with Crippen molar-refractivity contribution in [3.05, 3.63) is 65.5 Å². The standard InChI is InChI=1S/C18H20N2O6/c1-25-17(23)13-7-8-19-9-14(13)16(22)15(21)10-20-18(24)26-11-12-5-3-2-4-6-12/h2-9,15-16,21-22H,10-11H2,1H3,(H,20,24). The maximum Gasteiger partial charge on any atom is 0.407 e. The van der Waals surface area contributed by atoms with Crippen LogP contribution in [0.4, 0.5) is 4.79 Å². The van der Waals surface area contributed by atoms with Gasteiger partial charge in [-0.3, -0.25) is 4.98 Å². The molecule has 0 radical (unpaired) electrons. The van der Waals surface area contributed by atoms with Crippen molar-refractivity contribution in [1.29, 1.82) is 0 Å². The van der Waals surface area contributed by atoms with Crippen LogP contribution in [0.25, 0.3) is 0 Å². The number of methoxy groups -OCH3 is 1. The molecular formula is C18H20N2O6. The maximum absolute atomic E-state index is 11.7. The summed E-state index contributed by atoms with van der Waals surface area (Å²) < 4.78 is 9.64. The van der Waals surface area contributed by atoms with Crippen molar-refractivity contribution in [2.75, 3.05) is 13.7 Å². The van der Waals surface area contributed by atoms with Gasteiger partial charge in [0, 0.05) is 24.5 Å². The predicted octanol–water partition coefficient (Wildman–Crippen LogP) is 1.19. The summed E-state index contributed by atoms with van der Waals surface area (Å²) in [5, 5.41) is 22.7. The number of ether oxygens (including phenoxy) is 2. The fraction of sp³-hybridized carbons (Fsp3) is 0.278. The third kappa shape index (κ3) is 5.27. The number of amides is 1. The minimum absolute atomic E-state index is 0.0837. The zero-order valence-corrected chi connectivity index (χ0v) is 14.2. The average molecular weight is 360 g/mol. The van der Waals surface area contributed by atoms with Gasteiger partial charge in [0.2, 0.25) is 0 Å². The highest BCUT2D eigenvalue weighted by atomic mass is 16.5. The molecule has 2 rings (SSSR count). The molecule has 2 aromatic rings. The number of aliphatic hydroxyl groups is 2. The molecule has 0 saturated carbocycles. The Balaban J connectivity index is 1.88. The zero-order chi connectivity index (χ0) is 18.9.